The minimum absolute atomic E-state index is 0.762. The molecule has 2 nitrogen and oxygen atoms in total. The van der Waals surface area contributed by atoms with Gasteiger partial charge in [0.2, 0.25) is 0 Å². The summed E-state index contributed by atoms with van der Waals surface area (Å²) in [5.74, 6) is 3.58. The Morgan fingerprint density at radius 3 is 2.60 bits per heavy atom. The summed E-state index contributed by atoms with van der Waals surface area (Å²) in [7, 11) is 1.82. The van der Waals surface area contributed by atoms with Crippen LogP contribution in [-0.2, 0) is 4.74 Å². The average molecular weight is 284 g/mol. The topological polar surface area (TPSA) is 21.3 Å². The quantitative estimate of drug-likeness (QED) is 0.596. The fourth-order valence-electron chi connectivity index (χ4n) is 3.76. The summed E-state index contributed by atoms with van der Waals surface area (Å²) in [6.45, 7) is 10.2. The Kier molecular flexibility index (Phi) is 9.54. The highest BCUT2D eigenvalue weighted by molar-refractivity contribution is 4.81. The van der Waals surface area contributed by atoms with Gasteiger partial charge in [0.1, 0.15) is 0 Å². The molecular formula is C18H37NO. The molecule has 1 N–H and O–H groups in total. The predicted molar refractivity (Wildman–Crippen MR) is 88.0 cm³/mol. The molecule has 0 amide bonds. The van der Waals surface area contributed by atoms with Crippen LogP contribution in [0.4, 0.5) is 0 Å². The Labute approximate surface area is 127 Å². The standard InChI is InChI=1S/C18H37NO/c1-5-7-16-9-10-18(14-19-13-15(2)3)17(12-16)8-6-11-20-4/h15-19H,5-14H2,1-4H3. The second-order valence-corrected chi connectivity index (χ2v) is 7.18. The fraction of sp³-hybridized carbons (Fsp3) is 1.00. The molecule has 0 aliphatic heterocycles. The van der Waals surface area contributed by atoms with E-state index < -0.39 is 0 Å². The highest BCUT2D eigenvalue weighted by atomic mass is 16.5. The molecule has 0 saturated heterocycles. The van der Waals surface area contributed by atoms with Crippen LogP contribution in [0.2, 0.25) is 0 Å². The number of ether oxygens (including phenoxy) is 1. The van der Waals surface area contributed by atoms with Gasteiger partial charge in [-0.25, -0.2) is 0 Å². The minimum Gasteiger partial charge on any atom is -0.385 e. The molecule has 1 saturated carbocycles. The molecule has 3 atom stereocenters. The van der Waals surface area contributed by atoms with E-state index in [9.17, 15) is 0 Å². The first kappa shape index (κ1) is 18.0. The maximum atomic E-state index is 5.24. The van der Waals surface area contributed by atoms with Crippen LogP contribution in [0.5, 0.6) is 0 Å². The Hall–Kier alpha value is -0.0800. The lowest BCUT2D eigenvalue weighted by Gasteiger charge is -2.37. The SMILES string of the molecule is CCCC1CCC(CNCC(C)C)C(CCCOC)C1. The second-order valence-electron chi connectivity index (χ2n) is 7.18. The lowest BCUT2D eigenvalue weighted by molar-refractivity contribution is 0.135. The first-order valence-electron chi connectivity index (χ1n) is 8.87. The summed E-state index contributed by atoms with van der Waals surface area (Å²) in [5.41, 5.74) is 0. The van der Waals surface area contributed by atoms with Gasteiger partial charge in [-0.2, -0.15) is 0 Å². The average Bonchev–Trinajstić information content (AvgIpc) is 2.41. The molecule has 20 heavy (non-hydrogen) atoms. The molecule has 0 aromatic heterocycles. The summed E-state index contributed by atoms with van der Waals surface area (Å²) < 4.78 is 5.24. The monoisotopic (exact) mass is 283 g/mol. The van der Waals surface area contributed by atoms with E-state index in [2.05, 4.69) is 26.1 Å². The molecule has 1 fully saturated rings. The van der Waals surface area contributed by atoms with Gasteiger partial charge in [0.25, 0.3) is 0 Å². The van der Waals surface area contributed by atoms with Crippen LogP contribution >= 0.6 is 0 Å². The van der Waals surface area contributed by atoms with E-state index in [0.29, 0.717) is 0 Å². The molecule has 1 rings (SSSR count). The molecule has 120 valence electrons. The van der Waals surface area contributed by atoms with Crippen molar-refractivity contribution in [3.05, 3.63) is 0 Å². The summed E-state index contributed by atoms with van der Waals surface area (Å²) in [6, 6.07) is 0. The zero-order valence-corrected chi connectivity index (χ0v) is 14.3. The van der Waals surface area contributed by atoms with Crippen LogP contribution in [0.15, 0.2) is 0 Å². The van der Waals surface area contributed by atoms with Crippen LogP contribution in [0.25, 0.3) is 0 Å². The summed E-state index contributed by atoms with van der Waals surface area (Å²) in [5, 5.41) is 3.69. The number of hydrogen-bond acceptors (Lipinski definition) is 2. The van der Waals surface area contributed by atoms with Crippen LogP contribution < -0.4 is 5.32 Å². The third kappa shape index (κ3) is 7.08. The normalized spacial score (nSPS) is 27.1. The van der Waals surface area contributed by atoms with Crippen molar-refractivity contribution in [2.24, 2.45) is 23.7 Å². The predicted octanol–water partition coefficient (Wildman–Crippen LogP) is 4.49. The molecule has 0 aromatic carbocycles. The van der Waals surface area contributed by atoms with Crippen molar-refractivity contribution in [3.63, 3.8) is 0 Å². The van der Waals surface area contributed by atoms with Crippen LogP contribution in [0.1, 0.15) is 65.7 Å². The Bertz CT molecular complexity index is 229. The summed E-state index contributed by atoms with van der Waals surface area (Å²) in [4.78, 5) is 0. The highest BCUT2D eigenvalue weighted by Crippen LogP contribution is 2.38. The number of nitrogens with one attached hydrogen (secondary N) is 1. The van der Waals surface area contributed by atoms with Gasteiger partial charge in [0.15, 0.2) is 0 Å². The molecule has 0 heterocycles. The molecule has 3 unspecified atom stereocenters. The lowest BCUT2D eigenvalue weighted by atomic mass is 9.71. The molecular weight excluding hydrogens is 246 g/mol. The molecule has 0 radical (unpaired) electrons. The van der Waals surface area contributed by atoms with Gasteiger partial charge < -0.3 is 10.1 Å². The van der Waals surface area contributed by atoms with E-state index in [1.807, 2.05) is 7.11 Å². The van der Waals surface area contributed by atoms with Gasteiger partial charge in [0, 0.05) is 13.7 Å². The van der Waals surface area contributed by atoms with Gasteiger partial charge in [-0.3, -0.25) is 0 Å². The van der Waals surface area contributed by atoms with E-state index in [4.69, 9.17) is 4.74 Å². The minimum atomic E-state index is 0.762. The highest BCUT2D eigenvalue weighted by Gasteiger charge is 2.29. The van der Waals surface area contributed by atoms with Crippen molar-refractivity contribution in [1.82, 2.24) is 5.32 Å². The van der Waals surface area contributed by atoms with E-state index in [1.54, 1.807) is 0 Å². The lowest BCUT2D eigenvalue weighted by Crippen LogP contribution is -2.34. The summed E-state index contributed by atoms with van der Waals surface area (Å²) in [6.07, 6.45) is 9.75. The van der Waals surface area contributed by atoms with Crippen LogP contribution in [0, 0.1) is 23.7 Å². The second kappa shape index (κ2) is 10.6. The van der Waals surface area contributed by atoms with Gasteiger partial charge in [-0.1, -0.05) is 40.0 Å². The molecule has 1 aliphatic carbocycles. The Morgan fingerprint density at radius 1 is 1.15 bits per heavy atom. The molecule has 0 aromatic rings. The molecule has 0 spiro atoms. The first-order chi connectivity index (χ1) is 9.67. The van der Waals surface area contributed by atoms with E-state index in [1.165, 1.54) is 58.0 Å². The van der Waals surface area contributed by atoms with Crippen LogP contribution in [0.3, 0.4) is 0 Å². The molecule has 1 aliphatic rings. The maximum absolute atomic E-state index is 5.24. The van der Waals surface area contributed by atoms with Gasteiger partial charge >= 0.3 is 0 Å². The summed E-state index contributed by atoms with van der Waals surface area (Å²) >= 11 is 0. The van der Waals surface area contributed by atoms with Crippen molar-refractivity contribution in [1.29, 1.82) is 0 Å². The zero-order chi connectivity index (χ0) is 14.8. The van der Waals surface area contributed by atoms with E-state index >= 15 is 0 Å². The van der Waals surface area contributed by atoms with Crippen LogP contribution in [-0.4, -0.2) is 26.8 Å². The van der Waals surface area contributed by atoms with Gasteiger partial charge in [-0.15, -0.1) is 0 Å². The van der Waals surface area contributed by atoms with E-state index in [0.717, 1.165) is 30.3 Å². The van der Waals surface area contributed by atoms with Crippen molar-refractivity contribution >= 4 is 0 Å². The smallest absolute Gasteiger partial charge is 0.0462 e. The maximum Gasteiger partial charge on any atom is 0.0462 e. The fourth-order valence-corrected chi connectivity index (χ4v) is 3.76. The van der Waals surface area contributed by atoms with Gasteiger partial charge in [-0.05, 0) is 62.4 Å². The van der Waals surface area contributed by atoms with Crippen molar-refractivity contribution in [3.8, 4) is 0 Å². The number of hydrogen-bond donors (Lipinski definition) is 1. The zero-order valence-electron chi connectivity index (χ0n) is 14.3. The Balaban J connectivity index is 2.38. The molecule has 0 bridgehead atoms. The van der Waals surface area contributed by atoms with E-state index in [-0.39, 0.29) is 0 Å². The van der Waals surface area contributed by atoms with Crippen molar-refractivity contribution < 1.29 is 4.74 Å². The van der Waals surface area contributed by atoms with Gasteiger partial charge in [0.05, 0.1) is 0 Å². The molecule has 2 heteroatoms. The third-order valence-electron chi connectivity index (χ3n) is 4.83. The Morgan fingerprint density at radius 2 is 1.95 bits per heavy atom. The number of methoxy groups -OCH3 is 1. The number of rotatable bonds is 10. The third-order valence-corrected chi connectivity index (χ3v) is 4.83. The van der Waals surface area contributed by atoms with Crippen molar-refractivity contribution in [2.45, 2.75) is 65.7 Å². The van der Waals surface area contributed by atoms with Crippen molar-refractivity contribution in [2.75, 3.05) is 26.8 Å². The largest absolute Gasteiger partial charge is 0.385 e. The first-order valence-corrected chi connectivity index (χ1v) is 8.87.